The van der Waals surface area contributed by atoms with Crippen LogP contribution in [0.1, 0.15) is 18.4 Å². The molecule has 0 heterocycles. The van der Waals surface area contributed by atoms with Crippen LogP contribution in [0.5, 0.6) is 0 Å². The standard InChI is InChI=1S/C11H12F3NO/c12-8-2-1-7(9(13)10(8)14)11(5-15)3-6(16)4-11/h1-2,6,16H,3-5,15H2. The molecule has 0 atom stereocenters. The molecule has 1 fully saturated rings. The Morgan fingerprint density at radius 2 is 1.88 bits per heavy atom. The summed E-state index contributed by atoms with van der Waals surface area (Å²) in [7, 11) is 0. The molecule has 0 spiro atoms. The van der Waals surface area contributed by atoms with Crippen molar-refractivity contribution in [1.82, 2.24) is 0 Å². The van der Waals surface area contributed by atoms with Crippen LogP contribution in [0.4, 0.5) is 13.2 Å². The Morgan fingerprint density at radius 3 is 2.38 bits per heavy atom. The molecule has 0 radical (unpaired) electrons. The first-order chi connectivity index (χ1) is 7.50. The molecule has 0 aliphatic heterocycles. The van der Waals surface area contributed by atoms with Crippen molar-refractivity contribution in [3.8, 4) is 0 Å². The average molecular weight is 231 g/mol. The number of hydrogen-bond acceptors (Lipinski definition) is 2. The van der Waals surface area contributed by atoms with E-state index in [1.165, 1.54) is 6.07 Å². The molecule has 0 bridgehead atoms. The van der Waals surface area contributed by atoms with Gasteiger partial charge in [0.25, 0.3) is 0 Å². The second-order valence-corrected chi connectivity index (χ2v) is 4.27. The smallest absolute Gasteiger partial charge is 0.194 e. The zero-order chi connectivity index (χ0) is 11.9. The van der Waals surface area contributed by atoms with E-state index in [2.05, 4.69) is 0 Å². The molecule has 2 nitrogen and oxygen atoms in total. The van der Waals surface area contributed by atoms with Crippen molar-refractivity contribution in [3.05, 3.63) is 35.1 Å². The second kappa shape index (κ2) is 3.75. The third-order valence-corrected chi connectivity index (χ3v) is 3.25. The summed E-state index contributed by atoms with van der Waals surface area (Å²) in [5.41, 5.74) is 4.83. The highest BCUT2D eigenvalue weighted by Crippen LogP contribution is 2.44. The van der Waals surface area contributed by atoms with Crippen LogP contribution in [-0.2, 0) is 5.41 Å². The van der Waals surface area contributed by atoms with Gasteiger partial charge in [-0.1, -0.05) is 6.07 Å². The SMILES string of the molecule is NCC1(c2ccc(F)c(F)c2F)CC(O)C1. The van der Waals surface area contributed by atoms with Gasteiger partial charge < -0.3 is 10.8 Å². The monoisotopic (exact) mass is 231 g/mol. The summed E-state index contributed by atoms with van der Waals surface area (Å²) in [6, 6.07) is 2.09. The van der Waals surface area contributed by atoms with Crippen LogP contribution in [0.2, 0.25) is 0 Å². The van der Waals surface area contributed by atoms with Crippen LogP contribution in [0.25, 0.3) is 0 Å². The number of aliphatic hydroxyl groups excluding tert-OH is 1. The predicted octanol–water partition coefficient (Wildman–Crippen LogP) is 1.46. The Morgan fingerprint density at radius 1 is 1.25 bits per heavy atom. The summed E-state index contributed by atoms with van der Waals surface area (Å²) in [5.74, 6) is -3.89. The van der Waals surface area contributed by atoms with Gasteiger partial charge in [0.05, 0.1) is 6.10 Å². The number of hydrogen-bond donors (Lipinski definition) is 2. The predicted molar refractivity (Wildman–Crippen MR) is 52.3 cm³/mol. The van der Waals surface area contributed by atoms with Crippen molar-refractivity contribution in [1.29, 1.82) is 0 Å². The molecule has 1 aliphatic rings. The molecule has 0 amide bonds. The van der Waals surface area contributed by atoms with Crippen molar-refractivity contribution >= 4 is 0 Å². The second-order valence-electron chi connectivity index (χ2n) is 4.27. The van der Waals surface area contributed by atoms with Gasteiger partial charge in [-0.05, 0) is 24.5 Å². The van der Waals surface area contributed by atoms with Gasteiger partial charge in [0.15, 0.2) is 17.5 Å². The first kappa shape index (κ1) is 11.4. The Labute approximate surface area is 90.9 Å². The van der Waals surface area contributed by atoms with Crippen molar-refractivity contribution in [3.63, 3.8) is 0 Å². The minimum Gasteiger partial charge on any atom is -0.393 e. The Hall–Kier alpha value is -1.07. The van der Waals surface area contributed by atoms with Crippen LogP contribution in [0.3, 0.4) is 0 Å². The molecule has 1 aromatic rings. The molecular weight excluding hydrogens is 219 g/mol. The van der Waals surface area contributed by atoms with E-state index < -0.39 is 29.0 Å². The largest absolute Gasteiger partial charge is 0.393 e. The Balaban J connectivity index is 2.44. The quantitative estimate of drug-likeness (QED) is 0.757. The molecule has 0 unspecified atom stereocenters. The molecular formula is C11H12F3NO. The van der Waals surface area contributed by atoms with Crippen LogP contribution >= 0.6 is 0 Å². The molecule has 2 rings (SSSR count). The molecule has 1 aliphatic carbocycles. The van der Waals surface area contributed by atoms with E-state index in [0.29, 0.717) is 0 Å². The number of aliphatic hydroxyl groups is 1. The van der Waals surface area contributed by atoms with E-state index in [9.17, 15) is 18.3 Å². The summed E-state index contributed by atoms with van der Waals surface area (Å²) >= 11 is 0. The zero-order valence-electron chi connectivity index (χ0n) is 8.51. The number of benzene rings is 1. The van der Waals surface area contributed by atoms with Gasteiger partial charge in [-0.15, -0.1) is 0 Å². The first-order valence-electron chi connectivity index (χ1n) is 5.02. The lowest BCUT2D eigenvalue weighted by Crippen LogP contribution is -2.50. The highest BCUT2D eigenvalue weighted by atomic mass is 19.2. The van der Waals surface area contributed by atoms with Crippen molar-refractivity contribution in [2.45, 2.75) is 24.4 Å². The van der Waals surface area contributed by atoms with Gasteiger partial charge in [-0.2, -0.15) is 0 Å². The molecule has 3 N–H and O–H groups in total. The molecule has 1 aromatic carbocycles. The highest BCUT2D eigenvalue weighted by molar-refractivity contribution is 5.32. The number of nitrogens with two attached hydrogens (primary N) is 1. The lowest BCUT2D eigenvalue weighted by Gasteiger charge is -2.45. The fourth-order valence-corrected chi connectivity index (χ4v) is 2.27. The van der Waals surface area contributed by atoms with E-state index in [1.807, 2.05) is 0 Å². The maximum absolute atomic E-state index is 13.5. The maximum Gasteiger partial charge on any atom is 0.194 e. The van der Waals surface area contributed by atoms with E-state index in [1.54, 1.807) is 0 Å². The van der Waals surface area contributed by atoms with Crippen molar-refractivity contribution in [2.24, 2.45) is 5.73 Å². The Bertz CT molecular complexity index is 416. The van der Waals surface area contributed by atoms with Crippen LogP contribution in [0.15, 0.2) is 12.1 Å². The summed E-state index contributed by atoms with van der Waals surface area (Å²) in [6.45, 7) is 0.103. The molecule has 0 saturated heterocycles. The summed E-state index contributed by atoms with van der Waals surface area (Å²) in [6.07, 6.45) is 0.0211. The topological polar surface area (TPSA) is 46.2 Å². The van der Waals surface area contributed by atoms with Crippen LogP contribution in [0, 0.1) is 17.5 Å². The fraction of sp³-hybridized carbons (Fsp3) is 0.455. The normalized spacial score (nSPS) is 28.9. The molecule has 0 aromatic heterocycles. The summed E-state index contributed by atoms with van der Waals surface area (Å²) < 4.78 is 39.4. The number of rotatable bonds is 2. The number of halogens is 3. The Kier molecular flexibility index (Phi) is 2.67. The summed E-state index contributed by atoms with van der Waals surface area (Å²) in [5, 5.41) is 9.24. The summed E-state index contributed by atoms with van der Waals surface area (Å²) in [4.78, 5) is 0. The van der Waals surface area contributed by atoms with Gasteiger partial charge in [0.1, 0.15) is 0 Å². The van der Waals surface area contributed by atoms with Gasteiger partial charge in [-0.25, -0.2) is 13.2 Å². The van der Waals surface area contributed by atoms with E-state index in [4.69, 9.17) is 5.73 Å². The van der Waals surface area contributed by atoms with Crippen LogP contribution < -0.4 is 5.73 Å². The molecule has 88 valence electrons. The van der Waals surface area contributed by atoms with Crippen molar-refractivity contribution < 1.29 is 18.3 Å². The molecule has 16 heavy (non-hydrogen) atoms. The van der Waals surface area contributed by atoms with E-state index >= 15 is 0 Å². The minimum absolute atomic E-state index is 0.0548. The van der Waals surface area contributed by atoms with Gasteiger partial charge in [0.2, 0.25) is 0 Å². The van der Waals surface area contributed by atoms with Crippen LogP contribution in [-0.4, -0.2) is 17.8 Å². The molecule has 1 saturated carbocycles. The zero-order valence-corrected chi connectivity index (χ0v) is 8.51. The van der Waals surface area contributed by atoms with Gasteiger partial charge >= 0.3 is 0 Å². The van der Waals surface area contributed by atoms with Gasteiger partial charge in [0, 0.05) is 12.0 Å². The maximum atomic E-state index is 13.5. The lowest BCUT2D eigenvalue weighted by molar-refractivity contribution is 0.0201. The highest BCUT2D eigenvalue weighted by Gasteiger charge is 2.46. The third kappa shape index (κ3) is 1.51. The third-order valence-electron chi connectivity index (χ3n) is 3.25. The minimum atomic E-state index is -1.48. The fourth-order valence-electron chi connectivity index (χ4n) is 2.27. The van der Waals surface area contributed by atoms with E-state index in [0.717, 1.165) is 6.07 Å². The van der Waals surface area contributed by atoms with E-state index in [-0.39, 0.29) is 24.9 Å². The van der Waals surface area contributed by atoms with Gasteiger partial charge in [-0.3, -0.25) is 0 Å². The first-order valence-corrected chi connectivity index (χ1v) is 5.02. The lowest BCUT2D eigenvalue weighted by atomic mass is 9.62. The molecule has 5 heteroatoms. The average Bonchev–Trinajstić information content (AvgIpc) is 2.22. The van der Waals surface area contributed by atoms with Crippen molar-refractivity contribution in [2.75, 3.05) is 6.54 Å².